The number of carbonyl (C=O) groups excluding carboxylic acids is 5. The van der Waals surface area contributed by atoms with Gasteiger partial charge >= 0.3 is 0 Å². The SMILES string of the molecule is O=C([O-])c1ccc2c(c1)C(=O)N(c1cccc(Oc3ccc4c(c3)C(=O)N(c3ccccc3)C4=O)c1)C2=O. The second-order valence-electron chi connectivity index (χ2n) is 8.58. The zero-order chi connectivity index (χ0) is 26.6. The molecule has 4 aromatic carbocycles. The molecule has 0 aliphatic carbocycles. The molecule has 0 unspecified atom stereocenters. The lowest BCUT2D eigenvalue weighted by molar-refractivity contribution is -0.255. The first kappa shape index (κ1) is 22.9. The summed E-state index contributed by atoms with van der Waals surface area (Å²) in [6, 6.07) is 22.9. The van der Waals surface area contributed by atoms with Crippen molar-refractivity contribution in [3.63, 3.8) is 0 Å². The number of rotatable bonds is 5. The predicted octanol–water partition coefficient (Wildman–Crippen LogP) is 3.44. The molecule has 0 radical (unpaired) electrons. The Hall–Kier alpha value is -5.57. The summed E-state index contributed by atoms with van der Waals surface area (Å²) in [5.74, 6) is -3.09. The highest BCUT2D eigenvalue weighted by molar-refractivity contribution is 6.35. The zero-order valence-electron chi connectivity index (χ0n) is 19.4. The fourth-order valence-corrected chi connectivity index (χ4v) is 4.52. The van der Waals surface area contributed by atoms with Gasteiger partial charge in [-0.1, -0.05) is 30.3 Å². The molecule has 0 spiro atoms. The first-order chi connectivity index (χ1) is 18.3. The van der Waals surface area contributed by atoms with Crippen molar-refractivity contribution in [2.45, 2.75) is 0 Å². The fraction of sp³-hybridized carbons (Fsp3) is 0. The van der Waals surface area contributed by atoms with Gasteiger partial charge in [0.1, 0.15) is 11.5 Å². The van der Waals surface area contributed by atoms with Crippen molar-refractivity contribution < 1.29 is 33.8 Å². The largest absolute Gasteiger partial charge is 0.545 e. The van der Waals surface area contributed by atoms with Crippen LogP contribution in [0.2, 0.25) is 0 Å². The van der Waals surface area contributed by atoms with Crippen LogP contribution in [0.3, 0.4) is 0 Å². The van der Waals surface area contributed by atoms with Crippen molar-refractivity contribution >= 4 is 41.0 Å². The molecule has 2 heterocycles. The Bertz CT molecular complexity index is 1710. The normalized spacial score (nSPS) is 14.1. The molecule has 0 N–H and O–H groups in total. The van der Waals surface area contributed by atoms with E-state index in [9.17, 15) is 29.1 Å². The molecule has 0 fully saturated rings. The number of imide groups is 2. The summed E-state index contributed by atoms with van der Waals surface area (Å²) < 4.78 is 5.91. The Labute approximate surface area is 215 Å². The van der Waals surface area contributed by atoms with Crippen LogP contribution in [0.5, 0.6) is 11.5 Å². The van der Waals surface area contributed by atoms with Gasteiger partial charge in [-0.3, -0.25) is 19.2 Å². The average Bonchev–Trinajstić information content (AvgIpc) is 3.32. The maximum absolute atomic E-state index is 13.0. The number of carboxylic acid groups (broad SMARTS) is 1. The zero-order valence-corrected chi connectivity index (χ0v) is 19.4. The van der Waals surface area contributed by atoms with Gasteiger partial charge in [-0.05, 0) is 60.2 Å². The highest BCUT2D eigenvalue weighted by Crippen LogP contribution is 2.35. The molecule has 0 saturated heterocycles. The standard InChI is InChI=1S/C29H16N2O7/c32-25-22-12-10-20(15-24(22)28(35)30(25)17-5-2-1-3-6-17)38-19-8-4-7-18(14-19)31-26(33)21-11-9-16(29(36)37)13-23(21)27(31)34/h1-15H,(H,36,37)/p-1. The van der Waals surface area contributed by atoms with Crippen LogP contribution in [0, 0.1) is 0 Å². The predicted molar refractivity (Wildman–Crippen MR) is 132 cm³/mol. The topological polar surface area (TPSA) is 124 Å². The molecule has 4 aromatic rings. The number of fused-ring (bicyclic) bond motifs is 2. The van der Waals surface area contributed by atoms with Gasteiger partial charge in [-0.25, -0.2) is 9.80 Å². The number of amides is 4. The van der Waals surface area contributed by atoms with Crippen LogP contribution in [-0.4, -0.2) is 29.6 Å². The third-order valence-electron chi connectivity index (χ3n) is 6.31. The van der Waals surface area contributed by atoms with Gasteiger partial charge in [-0.15, -0.1) is 0 Å². The number of nitrogens with zero attached hydrogens (tertiary/aromatic N) is 2. The number of benzene rings is 4. The van der Waals surface area contributed by atoms with E-state index in [-0.39, 0.29) is 45.0 Å². The van der Waals surface area contributed by atoms with Crippen LogP contribution in [-0.2, 0) is 0 Å². The van der Waals surface area contributed by atoms with Gasteiger partial charge in [0.2, 0.25) is 0 Å². The molecular weight excluding hydrogens is 488 g/mol. The Kier molecular flexibility index (Phi) is 5.13. The Morgan fingerprint density at radius 2 is 1.11 bits per heavy atom. The number of carbonyl (C=O) groups is 5. The molecule has 38 heavy (non-hydrogen) atoms. The van der Waals surface area contributed by atoms with E-state index in [1.165, 1.54) is 36.4 Å². The van der Waals surface area contributed by atoms with E-state index >= 15 is 0 Å². The van der Waals surface area contributed by atoms with E-state index in [1.54, 1.807) is 48.5 Å². The molecule has 2 aliphatic rings. The van der Waals surface area contributed by atoms with E-state index in [2.05, 4.69) is 0 Å². The van der Waals surface area contributed by atoms with E-state index in [0.29, 0.717) is 5.69 Å². The van der Waals surface area contributed by atoms with E-state index in [4.69, 9.17) is 4.74 Å². The minimum Gasteiger partial charge on any atom is -0.545 e. The third-order valence-corrected chi connectivity index (χ3v) is 6.31. The molecule has 4 amide bonds. The van der Waals surface area contributed by atoms with Crippen molar-refractivity contribution in [2.75, 3.05) is 9.80 Å². The summed E-state index contributed by atoms with van der Waals surface area (Å²) in [5, 5.41) is 11.2. The third kappa shape index (κ3) is 3.53. The molecule has 9 heteroatoms. The van der Waals surface area contributed by atoms with Crippen LogP contribution in [0.25, 0.3) is 0 Å². The number of para-hydroxylation sites is 1. The minimum absolute atomic E-state index is 0.0345. The quantitative estimate of drug-likeness (QED) is 0.382. The summed E-state index contributed by atoms with van der Waals surface area (Å²) in [6.45, 7) is 0. The van der Waals surface area contributed by atoms with Crippen molar-refractivity contribution in [3.05, 3.63) is 119 Å². The maximum Gasteiger partial charge on any atom is 0.266 e. The van der Waals surface area contributed by atoms with Crippen molar-refractivity contribution in [3.8, 4) is 11.5 Å². The van der Waals surface area contributed by atoms with Crippen molar-refractivity contribution in [1.29, 1.82) is 0 Å². The summed E-state index contributed by atoms with van der Waals surface area (Å²) in [5.41, 5.74) is 0.953. The molecular formula is C29H15N2O7-. The summed E-state index contributed by atoms with van der Waals surface area (Å²) in [4.78, 5) is 65.0. The van der Waals surface area contributed by atoms with Gasteiger partial charge in [0.15, 0.2) is 0 Å². The van der Waals surface area contributed by atoms with Gasteiger partial charge < -0.3 is 14.6 Å². The molecule has 9 nitrogen and oxygen atoms in total. The number of aromatic carboxylic acids is 1. The molecule has 6 rings (SSSR count). The van der Waals surface area contributed by atoms with Crippen LogP contribution in [0.1, 0.15) is 51.8 Å². The molecule has 184 valence electrons. The second kappa shape index (κ2) is 8.52. The minimum atomic E-state index is -1.46. The Morgan fingerprint density at radius 1 is 0.553 bits per heavy atom. The van der Waals surface area contributed by atoms with Gasteiger partial charge in [0.05, 0.1) is 39.6 Å². The number of carboxylic acids is 1. The lowest BCUT2D eigenvalue weighted by Crippen LogP contribution is -2.29. The monoisotopic (exact) mass is 503 g/mol. The van der Waals surface area contributed by atoms with Crippen LogP contribution >= 0.6 is 0 Å². The Balaban J connectivity index is 1.27. The molecule has 0 saturated carbocycles. The van der Waals surface area contributed by atoms with Gasteiger partial charge in [-0.2, -0.15) is 0 Å². The number of hydrogen-bond donors (Lipinski definition) is 0. The number of anilines is 2. The first-order valence-corrected chi connectivity index (χ1v) is 11.4. The van der Waals surface area contributed by atoms with E-state index in [0.717, 1.165) is 15.9 Å². The summed E-state index contributed by atoms with van der Waals surface area (Å²) in [6.07, 6.45) is 0. The molecule has 2 aliphatic heterocycles. The average molecular weight is 503 g/mol. The smallest absolute Gasteiger partial charge is 0.266 e. The van der Waals surface area contributed by atoms with E-state index in [1.807, 2.05) is 0 Å². The summed E-state index contributed by atoms with van der Waals surface area (Å²) >= 11 is 0. The molecule has 0 atom stereocenters. The highest BCUT2D eigenvalue weighted by atomic mass is 16.5. The lowest BCUT2D eigenvalue weighted by atomic mass is 10.1. The van der Waals surface area contributed by atoms with Gasteiger partial charge in [0.25, 0.3) is 23.6 Å². The van der Waals surface area contributed by atoms with Crippen molar-refractivity contribution in [1.82, 2.24) is 0 Å². The number of ether oxygens (including phenoxy) is 1. The second-order valence-corrected chi connectivity index (χ2v) is 8.58. The fourth-order valence-electron chi connectivity index (χ4n) is 4.52. The van der Waals surface area contributed by atoms with E-state index < -0.39 is 29.6 Å². The first-order valence-electron chi connectivity index (χ1n) is 11.4. The highest BCUT2D eigenvalue weighted by Gasteiger charge is 2.38. The van der Waals surface area contributed by atoms with Crippen LogP contribution in [0.15, 0.2) is 91.0 Å². The van der Waals surface area contributed by atoms with Crippen LogP contribution < -0.4 is 19.6 Å². The lowest BCUT2D eigenvalue weighted by Gasteiger charge is -2.15. The Morgan fingerprint density at radius 3 is 1.79 bits per heavy atom. The van der Waals surface area contributed by atoms with Crippen LogP contribution in [0.4, 0.5) is 11.4 Å². The molecule has 0 aromatic heterocycles. The van der Waals surface area contributed by atoms with Crippen molar-refractivity contribution in [2.24, 2.45) is 0 Å². The molecule has 0 bridgehead atoms. The van der Waals surface area contributed by atoms with Gasteiger partial charge in [0, 0.05) is 6.07 Å². The summed E-state index contributed by atoms with van der Waals surface area (Å²) in [7, 11) is 0. The number of hydrogen-bond acceptors (Lipinski definition) is 7. The maximum atomic E-state index is 13.0.